The fourth-order valence-corrected chi connectivity index (χ4v) is 3.09. The second-order valence-corrected chi connectivity index (χ2v) is 5.94. The molecule has 6 heteroatoms. The van der Waals surface area contributed by atoms with Gasteiger partial charge in [0, 0.05) is 5.41 Å². The molecule has 0 atom stereocenters. The number of rotatable bonds is 6. The second-order valence-electron chi connectivity index (χ2n) is 5.94. The number of ether oxygens (including phenoxy) is 1. The first-order chi connectivity index (χ1) is 9.55. The smallest absolute Gasteiger partial charge is 0.337 e. The quantitative estimate of drug-likeness (QED) is 0.839. The number of anilines is 1. The molecular weight excluding hydrogens is 256 g/mol. The average molecular weight is 280 g/mol. The Kier molecular flexibility index (Phi) is 4.62. The lowest BCUT2D eigenvalue weighted by Gasteiger charge is -2.28. The van der Waals surface area contributed by atoms with Gasteiger partial charge in [-0.25, -0.2) is 5.10 Å². The number of nitrogens with one attached hydrogen (secondary N) is 2. The number of carbonyl (C=O) groups is 1. The highest BCUT2D eigenvalue weighted by Gasteiger charge is 2.41. The monoisotopic (exact) mass is 280 g/mol. The molecule has 1 amide bonds. The molecule has 20 heavy (non-hydrogen) atoms. The van der Waals surface area contributed by atoms with Crippen molar-refractivity contribution in [3.05, 3.63) is 0 Å². The summed E-state index contributed by atoms with van der Waals surface area (Å²) >= 11 is 0. The molecule has 2 rings (SSSR count). The van der Waals surface area contributed by atoms with Crippen molar-refractivity contribution in [1.82, 2.24) is 15.2 Å². The van der Waals surface area contributed by atoms with Crippen molar-refractivity contribution in [2.45, 2.75) is 52.9 Å². The van der Waals surface area contributed by atoms with E-state index in [9.17, 15) is 4.79 Å². The molecule has 0 radical (unpaired) electrons. The molecular formula is C14H24N4O2. The number of amides is 1. The second kappa shape index (κ2) is 6.24. The van der Waals surface area contributed by atoms with Crippen molar-refractivity contribution < 1.29 is 9.53 Å². The van der Waals surface area contributed by atoms with E-state index in [1.165, 1.54) is 0 Å². The van der Waals surface area contributed by atoms with Crippen molar-refractivity contribution in [3.8, 4) is 6.01 Å². The molecule has 112 valence electrons. The van der Waals surface area contributed by atoms with Crippen molar-refractivity contribution in [3.63, 3.8) is 0 Å². The average Bonchev–Trinajstić information content (AvgIpc) is 2.99. The van der Waals surface area contributed by atoms with E-state index in [0.29, 0.717) is 18.5 Å². The summed E-state index contributed by atoms with van der Waals surface area (Å²) in [6, 6.07) is 0.270. The van der Waals surface area contributed by atoms with Crippen LogP contribution in [0.5, 0.6) is 6.01 Å². The van der Waals surface area contributed by atoms with E-state index in [0.717, 1.165) is 32.1 Å². The molecule has 1 aromatic rings. The lowest BCUT2D eigenvalue weighted by atomic mass is 9.78. The number of nitrogens with zero attached hydrogens (tertiary/aromatic N) is 2. The Balaban J connectivity index is 2.04. The Morgan fingerprint density at radius 3 is 2.75 bits per heavy atom. The van der Waals surface area contributed by atoms with Crippen molar-refractivity contribution >= 4 is 11.9 Å². The molecule has 6 nitrogen and oxygen atoms in total. The maximum atomic E-state index is 12.6. The minimum atomic E-state index is -0.243. The summed E-state index contributed by atoms with van der Waals surface area (Å²) in [6.07, 6.45) is 5.10. The van der Waals surface area contributed by atoms with Gasteiger partial charge in [-0.15, -0.1) is 5.10 Å². The molecule has 2 N–H and O–H groups in total. The van der Waals surface area contributed by atoms with E-state index >= 15 is 0 Å². The SMILES string of the molecule is CCOc1n[nH]c(NC(=O)C2(CC(C)C)CCCC2)n1. The Hall–Kier alpha value is -1.59. The molecule has 1 saturated carbocycles. The van der Waals surface area contributed by atoms with Crippen molar-refractivity contribution in [2.75, 3.05) is 11.9 Å². The van der Waals surface area contributed by atoms with Crippen LogP contribution in [0.25, 0.3) is 0 Å². The Labute approximate surface area is 119 Å². The van der Waals surface area contributed by atoms with E-state index < -0.39 is 0 Å². The van der Waals surface area contributed by atoms with Gasteiger partial charge in [-0.05, 0) is 32.1 Å². The predicted molar refractivity (Wildman–Crippen MR) is 76.5 cm³/mol. The van der Waals surface area contributed by atoms with Gasteiger partial charge in [-0.1, -0.05) is 26.7 Å². The van der Waals surface area contributed by atoms with E-state index in [4.69, 9.17) is 4.74 Å². The molecule has 1 aromatic heterocycles. The zero-order valence-corrected chi connectivity index (χ0v) is 12.5. The van der Waals surface area contributed by atoms with Gasteiger partial charge >= 0.3 is 6.01 Å². The normalized spacial score (nSPS) is 17.4. The number of aromatic amines is 1. The van der Waals surface area contributed by atoms with E-state index in [-0.39, 0.29) is 17.3 Å². The maximum absolute atomic E-state index is 12.6. The first-order valence-corrected chi connectivity index (χ1v) is 7.42. The minimum absolute atomic E-state index is 0.0582. The van der Waals surface area contributed by atoms with Crippen LogP contribution in [0.15, 0.2) is 0 Å². The Morgan fingerprint density at radius 1 is 1.45 bits per heavy atom. The van der Waals surface area contributed by atoms with Gasteiger partial charge in [0.15, 0.2) is 0 Å². The standard InChI is InChI=1S/C14H24N4O2/c1-4-20-13-16-12(17-18-13)15-11(19)14(9-10(2)3)7-5-6-8-14/h10H,4-9H2,1-3H3,(H2,15,16,17,18,19). The van der Waals surface area contributed by atoms with Crippen LogP contribution in [0.4, 0.5) is 5.95 Å². The molecule has 0 spiro atoms. The summed E-state index contributed by atoms with van der Waals surface area (Å²) < 4.78 is 5.18. The van der Waals surface area contributed by atoms with Crippen LogP contribution in [-0.4, -0.2) is 27.7 Å². The molecule has 0 saturated heterocycles. The number of hydrogen-bond donors (Lipinski definition) is 2. The Bertz CT molecular complexity index is 450. The van der Waals surface area contributed by atoms with Crippen LogP contribution >= 0.6 is 0 Å². The summed E-state index contributed by atoms with van der Waals surface area (Å²) in [4.78, 5) is 16.7. The van der Waals surface area contributed by atoms with E-state index in [2.05, 4.69) is 34.3 Å². The predicted octanol–water partition coefficient (Wildman–Crippen LogP) is 2.75. The van der Waals surface area contributed by atoms with Crippen LogP contribution in [0.3, 0.4) is 0 Å². The first kappa shape index (κ1) is 14.8. The van der Waals surface area contributed by atoms with Gasteiger partial charge in [-0.3, -0.25) is 10.1 Å². The third kappa shape index (κ3) is 3.29. The molecule has 1 aliphatic carbocycles. The highest BCUT2D eigenvalue weighted by Crippen LogP contribution is 2.43. The highest BCUT2D eigenvalue weighted by atomic mass is 16.5. The third-order valence-electron chi connectivity index (χ3n) is 3.81. The van der Waals surface area contributed by atoms with Crippen molar-refractivity contribution in [2.24, 2.45) is 11.3 Å². The summed E-state index contributed by atoms with van der Waals surface area (Å²) in [5.41, 5.74) is -0.243. The van der Waals surface area contributed by atoms with Gasteiger partial charge in [0.05, 0.1) is 6.61 Å². The van der Waals surface area contributed by atoms with Gasteiger partial charge < -0.3 is 4.74 Å². The molecule has 0 aromatic carbocycles. The zero-order chi connectivity index (χ0) is 14.6. The molecule has 0 unspecified atom stereocenters. The first-order valence-electron chi connectivity index (χ1n) is 7.42. The number of carbonyl (C=O) groups excluding carboxylic acids is 1. The van der Waals surface area contributed by atoms with E-state index in [1.54, 1.807) is 0 Å². The largest absolute Gasteiger partial charge is 0.463 e. The van der Waals surface area contributed by atoms with Gasteiger partial charge in [0.1, 0.15) is 0 Å². The summed E-state index contributed by atoms with van der Waals surface area (Å²) in [6.45, 7) is 6.69. The topological polar surface area (TPSA) is 79.9 Å². The number of aromatic nitrogens is 3. The Morgan fingerprint density at radius 2 is 2.15 bits per heavy atom. The number of H-pyrrole nitrogens is 1. The lowest BCUT2D eigenvalue weighted by molar-refractivity contribution is -0.126. The summed E-state index contributed by atoms with van der Waals surface area (Å²) in [7, 11) is 0. The van der Waals surface area contributed by atoms with Crippen LogP contribution in [0, 0.1) is 11.3 Å². The van der Waals surface area contributed by atoms with Gasteiger partial charge in [0.2, 0.25) is 11.9 Å². The molecule has 1 fully saturated rings. The molecule has 0 bridgehead atoms. The van der Waals surface area contributed by atoms with Crippen LogP contribution < -0.4 is 10.1 Å². The summed E-state index contributed by atoms with van der Waals surface area (Å²) in [5.74, 6) is 0.934. The van der Waals surface area contributed by atoms with Crippen molar-refractivity contribution in [1.29, 1.82) is 0 Å². The molecule has 1 heterocycles. The fraction of sp³-hybridized carbons (Fsp3) is 0.786. The molecule has 1 aliphatic rings. The lowest BCUT2D eigenvalue weighted by Crippen LogP contribution is -2.35. The van der Waals surface area contributed by atoms with Gasteiger partial charge in [0.25, 0.3) is 0 Å². The van der Waals surface area contributed by atoms with Gasteiger partial charge in [-0.2, -0.15) is 4.98 Å². The van der Waals surface area contributed by atoms with Crippen LogP contribution in [0.1, 0.15) is 52.9 Å². The molecule has 0 aliphatic heterocycles. The third-order valence-corrected chi connectivity index (χ3v) is 3.81. The van der Waals surface area contributed by atoms with Crippen LogP contribution in [0.2, 0.25) is 0 Å². The summed E-state index contributed by atoms with van der Waals surface area (Å²) in [5, 5.41) is 9.45. The minimum Gasteiger partial charge on any atom is -0.463 e. The maximum Gasteiger partial charge on any atom is 0.337 e. The van der Waals surface area contributed by atoms with E-state index in [1.807, 2.05) is 6.92 Å². The fourth-order valence-electron chi connectivity index (χ4n) is 3.09. The zero-order valence-electron chi connectivity index (χ0n) is 12.5. The highest BCUT2D eigenvalue weighted by molar-refractivity contribution is 5.94. The van der Waals surface area contributed by atoms with Crippen LogP contribution in [-0.2, 0) is 4.79 Å². The number of hydrogen-bond acceptors (Lipinski definition) is 4.